The Morgan fingerprint density at radius 1 is 1.15 bits per heavy atom. The van der Waals surface area contributed by atoms with Crippen LogP contribution in [0.25, 0.3) is 0 Å². The monoisotopic (exact) mass is 403 g/mol. The molecule has 6 nitrogen and oxygen atoms in total. The number of hydrogen-bond acceptors (Lipinski definition) is 5. The Morgan fingerprint density at radius 3 is 2.22 bits per heavy atom. The van der Waals surface area contributed by atoms with Crippen molar-refractivity contribution < 1.29 is 23.9 Å². The van der Waals surface area contributed by atoms with Gasteiger partial charge in [0.05, 0.1) is 31.0 Å². The van der Waals surface area contributed by atoms with E-state index in [0.717, 1.165) is 0 Å². The minimum Gasteiger partial charge on any atom is -0.373 e. The van der Waals surface area contributed by atoms with Gasteiger partial charge in [-0.25, -0.2) is 0 Å². The van der Waals surface area contributed by atoms with Gasteiger partial charge < -0.3 is 9.47 Å². The quantitative estimate of drug-likeness (QED) is 0.496. The maximum atomic E-state index is 12.5. The van der Waals surface area contributed by atoms with Gasteiger partial charge in [-0.3, -0.25) is 19.3 Å². The van der Waals surface area contributed by atoms with Gasteiger partial charge in [0.1, 0.15) is 5.78 Å². The summed E-state index contributed by atoms with van der Waals surface area (Å²) < 4.78 is 11.7. The molecule has 2 amide bonds. The minimum atomic E-state index is -0.670. The highest BCUT2D eigenvalue weighted by molar-refractivity contribution is 7.59. The summed E-state index contributed by atoms with van der Waals surface area (Å²) >= 11 is 0. The van der Waals surface area contributed by atoms with E-state index in [4.69, 9.17) is 9.47 Å². The van der Waals surface area contributed by atoms with Crippen LogP contribution in [0.4, 0.5) is 0 Å². The van der Waals surface area contributed by atoms with Crippen molar-refractivity contribution in [1.82, 2.24) is 4.90 Å². The fourth-order valence-corrected chi connectivity index (χ4v) is 2.85. The van der Waals surface area contributed by atoms with Crippen LogP contribution >= 0.6 is 13.5 Å². The first kappa shape index (κ1) is 26.1. The Balaban J connectivity index is 0.00000676. The van der Waals surface area contributed by atoms with E-state index in [2.05, 4.69) is 0 Å². The zero-order valence-corrected chi connectivity index (χ0v) is 18.9. The van der Waals surface area contributed by atoms with E-state index in [-0.39, 0.29) is 55.9 Å². The number of Topliss-reactive ketones (excluding diaryl/α,β-unsaturated/α-hetero) is 1. The molecule has 0 saturated carbocycles. The Hall–Kier alpha value is -0.920. The SMILES string of the molecule is CCC(=O)CCOC(C)(C)COC(C)(C)CN1C(=O)CC(C(C)C)C1=O.S. The maximum Gasteiger partial charge on any atom is 0.233 e. The second-order valence-electron chi connectivity index (χ2n) is 8.67. The Labute approximate surface area is 170 Å². The zero-order chi connectivity index (χ0) is 20.1. The maximum absolute atomic E-state index is 12.5. The summed E-state index contributed by atoms with van der Waals surface area (Å²) in [5, 5.41) is 0. The van der Waals surface area contributed by atoms with Crippen molar-refractivity contribution in [2.45, 2.75) is 78.9 Å². The Morgan fingerprint density at radius 2 is 1.74 bits per heavy atom. The summed E-state index contributed by atoms with van der Waals surface area (Å²) in [5.41, 5.74) is -1.22. The van der Waals surface area contributed by atoms with E-state index >= 15 is 0 Å². The van der Waals surface area contributed by atoms with Crippen molar-refractivity contribution >= 4 is 31.1 Å². The average molecular weight is 404 g/mol. The molecule has 1 rings (SSSR count). The van der Waals surface area contributed by atoms with Crippen LogP contribution in [0.5, 0.6) is 0 Å². The van der Waals surface area contributed by atoms with Gasteiger partial charge in [0.2, 0.25) is 11.8 Å². The standard InChI is InChI=1S/C20H35NO5.H2S/c1-8-15(22)9-10-25-20(6,7)13-26-19(4,5)12-21-17(23)11-16(14(2)3)18(21)24;/h14,16H,8-13H2,1-7H3;1H2. The van der Waals surface area contributed by atoms with Gasteiger partial charge in [0.25, 0.3) is 0 Å². The Kier molecular flexibility index (Phi) is 10.2. The number of nitrogens with zero attached hydrogens (tertiary/aromatic N) is 1. The molecule has 0 radical (unpaired) electrons. The van der Waals surface area contributed by atoms with Gasteiger partial charge in [-0.05, 0) is 33.6 Å². The van der Waals surface area contributed by atoms with Crippen LogP contribution in [0, 0.1) is 11.8 Å². The number of hydrogen-bond donors (Lipinski definition) is 0. The van der Waals surface area contributed by atoms with Crippen molar-refractivity contribution in [1.29, 1.82) is 0 Å². The molecule has 1 atom stereocenters. The molecule has 1 aliphatic rings. The lowest BCUT2D eigenvalue weighted by Gasteiger charge is -2.34. The largest absolute Gasteiger partial charge is 0.373 e. The van der Waals surface area contributed by atoms with Crippen molar-refractivity contribution in [3.8, 4) is 0 Å². The normalized spacial score (nSPS) is 18.2. The lowest BCUT2D eigenvalue weighted by atomic mass is 9.94. The highest BCUT2D eigenvalue weighted by Gasteiger charge is 2.42. The van der Waals surface area contributed by atoms with Gasteiger partial charge in [-0.1, -0.05) is 20.8 Å². The first-order chi connectivity index (χ1) is 11.9. The fraction of sp³-hybridized carbons (Fsp3) is 0.850. The number of likely N-dealkylation sites (tertiary alicyclic amines) is 1. The molecule has 0 aromatic rings. The second kappa shape index (κ2) is 10.6. The molecular formula is C20H37NO5S. The first-order valence-electron chi connectivity index (χ1n) is 9.52. The van der Waals surface area contributed by atoms with Crippen LogP contribution in [-0.2, 0) is 23.9 Å². The van der Waals surface area contributed by atoms with Crippen molar-refractivity contribution in [3.05, 3.63) is 0 Å². The molecule has 27 heavy (non-hydrogen) atoms. The van der Waals surface area contributed by atoms with E-state index in [1.54, 1.807) is 0 Å². The topological polar surface area (TPSA) is 72.9 Å². The predicted molar refractivity (Wildman–Crippen MR) is 110 cm³/mol. The summed E-state index contributed by atoms with van der Waals surface area (Å²) in [7, 11) is 0. The van der Waals surface area contributed by atoms with Crippen molar-refractivity contribution in [2.24, 2.45) is 11.8 Å². The fourth-order valence-electron chi connectivity index (χ4n) is 2.85. The molecule has 1 aliphatic heterocycles. The molecular weight excluding hydrogens is 366 g/mol. The van der Waals surface area contributed by atoms with Crippen LogP contribution in [0.1, 0.15) is 67.7 Å². The molecule has 7 heteroatoms. The second-order valence-corrected chi connectivity index (χ2v) is 8.67. The van der Waals surface area contributed by atoms with Crippen LogP contribution in [0.2, 0.25) is 0 Å². The van der Waals surface area contributed by atoms with Gasteiger partial charge in [0.15, 0.2) is 0 Å². The summed E-state index contributed by atoms with van der Waals surface area (Å²) in [5.74, 6) is -0.130. The van der Waals surface area contributed by atoms with Crippen LogP contribution < -0.4 is 0 Å². The number of imide groups is 1. The third kappa shape index (κ3) is 8.32. The number of carbonyl (C=O) groups is 3. The lowest BCUT2D eigenvalue weighted by molar-refractivity contribution is -0.151. The van der Waals surface area contributed by atoms with E-state index < -0.39 is 11.2 Å². The number of amides is 2. The lowest BCUT2D eigenvalue weighted by Crippen LogP contribution is -2.46. The molecule has 1 fully saturated rings. The number of rotatable bonds is 11. The molecule has 0 N–H and O–H groups in total. The van der Waals surface area contributed by atoms with Crippen molar-refractivity contribution in [2.75, 3.05) is 19.8 Å². The molecule has 0 aromatic heterocycles. The molecule has 0 aromatic carbocycles. The molecule has 0 aliphatic carbocycles. The molecule has 1 saturated heterocycles. The van der Waals surface area contributed by atoms with E-state index in [0.29, 0.717) is 26.1 Å². The average Bonchev–Trinajstić information content (AvgIpc) is 2.81. The first-order valence-corrected chi connectivity index (χ1v) is 9.52. The van der Waals surface area contributed by atoms with Gasteiger partial charge in [-0.2, -0.15) is 13.5 Å². The smallest absolute Gasteiger partial charge is 0.233 e. The predicted octanol–water partition coefficient (Wildman–Crippen LogP) is 3.09. The highest BCUT2D eigenvalue weighted by atomic mass is 32.1. The molecule has 1 heterocycles. The third-order valence-corrected chi connectivity index (χ3v) is 4.70. The zero-order valence-electron chi connectivity index (χ0n) is 17.9. The summed E-state index contributed by atoms with van der Waals surface area (Å²) in [6, 6.07) is 0. The number of ketones is 1. The molecule has 0 bridgehead atoms. The van der Waals surface area contributed by atoms with Gasteiger partial charge in [0, 0.05) is 25.2 Å². The Bertz CT molecular complexity index is 530. The summed E-state index contributed by atoms with van der Waals surface area (Å²) in [6.45, 7) is 14.2. The highest BCUT2D eigenvalue weighted by Crippen LogP contribution is 2.28. The molecule has 1 unspecified atom stereocenters. The molecule has 158 valence electrons. The van der Waals surface area contributed by atoms with Gasteiger partial charge >= 0.3 is 0 Å². The van der Waals surface area contributed by atoms with E-state index in [9.17, 15) is 14.4 Å². The summed E-state index contributed by atoms with van der Waals surface area (Å²) in [6.07, 6.45) is 1.20. The molecule has 0 spiro atoms. The number of ether oxygens (including phenoxy) is 2. The van der Waals surface area contributed by atoms with E-state index in [1.807, 2.05) is 48.5 Å². The van der Waals surface area contributed by atoms with Crippen LogP contribution in [0.3, 0.4) is 0 Å². The third-order valence-electron chi connectivity index (χ3n) is 4.70. The van der Waals surface area contributed by atoms with Crippen LogP contribution in [-0.4, -0.2) is 53.5 Å². The van der Waals surface area contributed by atoms with Gasteiger partial charge in [-0.15, -0.1) is 0 Å². The van der Waals surface area contributed by atoms with Crippen molar-refractivity contribution in [3.63, 3.8) is 0 Å². The summed E-state index contributed by atoms with van der Waals surface area (Å²) in [4.78, 5) is 37.4. The number of carbonyl (C=O) groups excluding carboxylic acids is 3. The minimum absolute atomic E-state index is 0. The van der Waals surface area contributed by atoms with Crippen LogP contribution in [0.15, 0.2) is 0 Å². The van der Waals surface area contributed by atoms with E-state index in [1.165, 1.54) is 4.90 Å².